The minimum atomic E-state index is -0.135. The quantitative estimate of drug-likeness (QED) is 0.641. The van der Waals surface area contributed by atoms with E-state index in [1.165, 1.54) is 18.9 Å². The van der Waals surface area contributed by atoms with Gasteiger partial charge in [0, 0.05) is 5.69 Å². The molecule has 1 N–H and O–H groups in total. The van der Waals surface area contributed by atoms with Crippen molar-refractivity contribution >= 4 is 46.3 Å². The number of thiophene rings is 1. The summed E-state index contributed by atoms with van der Waals surface area (Å²) < 4.78 is 10.3. The number of hydrogen-bond acceptors (Lipinski definition) is 7. The molecule has 0 atom stereocenters. The number of methoxy groups -OCH3 is 1. The SMILES string of the molecule is COc1ccc(NC(=O)CSCc2nc(-c3cccs3)no2)cc1Cl. The second-order valence-corrected chi connectivity index (χ2v) is 7.22. The summed E-state index contributed by atoms with van der Waals surface area (Å²) in [6.07, 6.45) is 0. The van der Waals surface area contributed by atoms with Crippen LogP contribution in [0.3, 0.4) is 0 Å². The van der Waals surface area contributed by atoms with Gasteiger partial charge in [-0.15, -0.1) is 23.1 Å². The molecule has 9 heteroatoms. The molecule has 3 rings (SSSR count). The van der Waals surface area contributed by atoms with Crippen LogP contribution in [0.1, 0.15) is 5.89 Å². The van der Waals surface area contributed by atoms with E-state index in [9.17, 15) is 4.79 Å². The van der Waals surface area contributed by atoms with Gasteiger partial charge in [0.1, 0.15) is 5.75 Å². The monoisotopic (exact) mass is 395 g/mol. The van der Waals surface area contributed by atoms with Crippen molar-refractivity contribution in [1.82, 2.24) is 10.1 Å². The van der Waals surface area contributed by atoms with Crippen molar-refractivity contribution in [1.29, 1.82) is 0 Å². The lowest BCUT2D eigenvalue weighted by atomic mass is 10.3. The highest BCUT2D eigenvalue weighted by atomic mass is 35.5. The van der Waals surface area contributed by atoms with Gasteiger partial charge in [-0.25, -0.2) is 0 Å². The smallest absolute Gasteiger partial charge is 0.236 e. The van der Waals surface area contributed by atoms with Crippen molar-refractivity contribution in [3.63, 3.8) is 0 Å². The Kier molecular flexibility index (Phi) is 5.95. The molecule has 0 aliphatic rings. The molecule has 0 saturated carbocycles. The van der Waals surface area contributed by atoms with Crippen LogP contribution in [0.15, 0.2) is 40.2 Å². The molecule has 3 aromatic rings. The average molecular weight is 396 g/mol. The van der Waals surface area contributed by atoms with E-state index in [1.807, 2.05) is 17.5 Å². The zero-order chi connectivity index (χ0) is 17.6. The van der Waals surface area contributed by atoms with Crippen LogP contribution in [0.4, 0.5) is 5.69 Å². The largest absolute Gasteiger partial charge is 0.495 e. The summed E-state index contributed by atoms with van der Waals surface area (Å²) in [7, 11) is 1.54. The van der Waals surface area contributed by atoms with Crippen LogP contribution in [0.2, 0.25) is 5.02 Å². The summed E-state index contributed by atoms with van der Waals surface area (Å²) in [5, 5.41) is 9.12. The molecule has 25 heavy (non-hydrogen) atoms. The van der Waals surface area contributed by atoms with Gasteiger partial charge in [0.15, 0.2) is 0 Å². The molecule has 0 aliphatic carbocycles. The Bertz CT molecular complexity index is 852. The minimum absolute atomic E-state index is 0.135. The Labute approximate surface area is 157 Å². The number of anilines is 1. The standard InChI is InChI=1S/C16H14ClN3O3S2/c1-22-12-5-4-10(7-11(12)17)18-14(21)8-24-9-15-19-16(20-23-15)13-3-2-6-25-13/h2-7H,8-9H2,1H3,(H,18,21). The Morgan fingerprint density at radius 2 is 2.32 bits per heavy atom. The summed E-state index contributed by atoms with van der Waals surface area (Å²) in [6, 6.07) is 8.95. The number of benzene rings is 1. The molecule has 0 radical (unpaired) electrons. The Balaban J connectivity index is 1.47. The number of thioether (sulfide) groups is 1. The lowest BCUT2D eigenvalue weighted by Crippen LogP contribution is -2.14. The maximum absolute atomic E-state index is 12.0. The van der Waals surface area contributed by atoms with Gasteiger partial charge in [0.2, 0.25) is 17.6 Å². The van der Waals surface area contributed by atoms with Crippen LogP contribution in [0, 0.1) is 0 Å². The number of carbonyl (C=O) groups excluding carboxylic acids is 1. The molecule has 0 aliphatic heterocycles. The maximum atomic E-state index is 12.0. The van der Waals surface area contributed by atoms with Gasteiger partial charge in [-0.2, -0.15) is 4.98 Å². The second-order valence-electron chi connectivity index (χ2n) is 4.88. The van der Waals surface area contributed by atoms with Gasteiger partial charge in [-0.3, -0.25) is 4.79 Å². The van der Waals surface area contributed by atoms with Crippen molar-refractivity contribution in [2.45, 2.75) is 5.75 Å². The lowest BCUT2D eigenvalue weighted by Gasteiger charge is -2.07. The summed E-state index contributed by atoms with van der Waals surface area (Å²) in [5.41, 5.74) is 0.620. The first kappa shape index (κ1) is 17.8. The topological polar surface area (TPSA) is 77.2 Å². The number of nitrogens with zero attached hydrogens (tertiary/aromatic N) is 2. The fraction of sp³-hybridized carbons (Fsp3) is 0.188. The summed E-state index contributed by atoms with van der Waals surface area (Å²) in [4.78, 5) is 17.3. The van der Waals surface area contributed by atoms with E-state index in [1.54, 1.807) is 29.5 Å². The number of amides is 1. The molecule has 6 nitrogen and oxygen atoms in total. The third-order valence-electron chi connectivity index (χ3n) is 3.10. The lowest BCUT2D eigenvalue weighted by molar-refractivity contribution is -0.113. The summed E-state index contributed by atoms with van der Waals surface area (Å²) in [5.74, 6) is 2.23. The van der Waals surface area contributed by atoms with Crippen LogP contribution < -0.4 is 10.1 Å². The first-order valence-electron chi connectivity index (χ1n) is 7.23. The van der Waals surface area contributed by atoms with Crippen LogP contribution >= 0.6 is 34.7 Å². The second kappa shape index (κ2) is 8.37. The molecule has 2 aromatic heterocycles. The molecular weight excluding hydrogens is 382 g/mol. The number of aromatic nitrogens is 2. The highest BCUT2D eigenvalue weighted by Crippen LogP contribution is 2.27. The maximum Gasteiger partial charge on any atom is 0.236 e. The van der Waals surface area contributed by atoms with Crippen LogP contribution in [0.5, 0.6) is 5.75 Å². The molecule has 2 heterocycles. The van der Waals surface area contributed by atoms with Crippen molar-refractivity contribution in [2.75, 3.05) is 18.2 Å². The van der Waals surface area contributed by atoms with Crippen LogP contribution in [0.25, 0.3) is 10.7 Å². The fourth-order valence-electron chi connectivity index (χ4n) is 1.99. The molecule has 0 saturated heterocycles. The van der Waals surface area contributed by atoms with Crippen LogP contribution in [-0.2, 0) is 10.5 Å². The van der Waals surface area contributed by atoms with E-state index in [0.29, 0.717) is 33.9 Å². The third kappa shape index (κ3) is 4.75. The Morgan fingerprint density at radius 3 is 3.04 bits per heavy atom. The van der Waals surface area contributed by atoms with E-state index < -0.39 is 0 Å². The van der Waals surface area contributed by atoms with Gasteiger partial charge in [-0.05, 0) is 29.6 Å². The first-order valence-corrected chi connectivity index (χ1v) is 9.64. The number of carbonyl (C=O) groups is 1. The fourth-order valence-corrected chi connectivity index (χ4v) is 3.55. The van der Waals surface area contributed by atoms with Gasteiger partial charge in [-0.1, -0.05) is 22.8 Å². The number of nitrogens with one attached hydrogen (secondary N) is 1. The zero-order valence-electron chi connectivity index (χ0n) is 13.2. The molecule has 1 aromatic carbocycles. The highest BCUT2D eigenvalue weighted by Gasteiger charge is 2.11. The van der Waals surface area contributed by atoms with E-state index in [0.717, 1.165) is 4.88 Å². The van der Waals surface area contributed by atoms with Crippen molar-refractivity contribution in [3.8, 4) is 16.5 Å². The summed E-state index contributed by atoms with van der Waals surface area (Å²) >= 11 is 8.97. The Hall–Kier alpha value is -2.03. The van der Waals surface area contributed by atoms with E-state index in [-0.39, 0.29) is 11.7 Å². The normalized spacial score (nSPS) is 10.6. The number of hydrogen-bond donors (Lipinski definition) is 1. The van der Waals surface area contributed by atoms with E-state index in [2.05, 4.69) is 15.5 Å². The predicted octanol–water partition coefficient (Wildman–Crippen LogP) is 4.33. The van der Waals surface area contributed by atoms with Gasteiger partial charge in [0.05, 0.1) is 28.5 Å². The third-order valence-corrected chi connectivity index (χ3v) is 5.18. The van der Waals surface area contributed by atoms with Gasteiger partial charge in [0.25, 0.3) is 0 Å². The van der Waals surface area contributed by atoms with Crippen LogP contribution in [-0.4, -0.2) is 28.9 Å². The Morgan fingerprint density at radius 1 is 1.44 bits per heavy atom. The van der Waals surface area contributed by atoms with Crippen molar-refractivity contribution < 1.29 is 14.1 Å². The average Bonchev–Trinajstić information content (AvgIpc) is 3.26. The first-order chi connectivity index (χ1) is 12.2. The van der Waals surface area contributed by atoms with E-state index >= 15 is 0 Å². The van der Waals surface area contributed by atoms with E-state index in [4.69, 9.17) is 20.9 Å². The van der Waals surface area contributed by atoms with Gasteiger partial charge < -0.3 is 14.6 Å². The molecule has 130 valence electrons. The molecule has 0 fully saturated rings. The van der Waals surface area contributed by atoms with Gasteiger partial charge >= 0.3 is 0 Å². The molecule has 0 bridgehead atoms. The molecular formula is C16H14ClN3O3S2. The zero-order valence-corrected chi connectivity index (χ0v) is 15.6. The predicted molar refractivity (Wildman–Crippen MR) is 100 cm³/mol. The molecule has 1 amide bonds. The molecule has 0 unspecified atom stereocenters. The van der Waals surface area contributed by atoms with Crippen molar-refractivity contribution in [3.05, 3.63) is 46.6 Å². The summed E-state index contributed by atoms with van der Waals surface area (Å²) in [6.45, 7) is 0. The minimum Gasteiger partial charge on any atom is -0.495 e. The number of rotatable bonds is 7. The number of ether oxygens (including phenoxy) is 1. The molecule has 0 spiro atoms. The number of halogens is 1. The highest BCUT2D eigenvalue weighted by molar-refractivity contribution is 7.99. The van der Waals surface area contributed by atoms with Crippen molar-refractivity contribution in [2.24, 2.45) is 0 Å².